The summed E-state index contributed by atoms with van der Waals surface area (Å²) in [7, 11) is -5.22. The van der Waals surface area contributed by atoms with Crippen LogP contribution in [0.3, 0.4) is 0 Å². The minimum atomic E-state index is -2.61. The SMILES string of the molecule is CCC(C)(C)c1cc(C)cc(C(C)(C)CC)c1C(O)(c1ccccc1)C(CO)(CO)CO.OP(O)OP(O)O. The van der Waals surface area contributed by atoms with Crippen molar-refractivity contribution in [2.75, 3.05) is 19.8 Å². The fourth-order valence-corrected chi connectivity index (χ4v) is 5.10. The standard InChI is InChI=1S/C28H42O4.H4O5P2/c1-8-25(4,5)22-15-20(3)16-23(26(6,7)9-2)24(22)28(32,21-13-11-10-12-14-21)27(17-29,18-30)19-31;1-6(2)5-7(3)4/h10-16,29-32H,8-9,17-19H2,1-7H3;1-4H. The van der Waals surface area contributed by atoms with Gasteiger partial charge in [-0.15, -0.1) is 0 Å². The summed E-state index contributed by atoms with van der Waals surface area (Å²) in [5.41, 5.74) is 0.311. The van der Waals surface area contributed by atoms with E-state index in [9.17, 15) is 20.4 Å². The quantitative estimate of drug-likeness (QED) is 0.171. The molecule has 39 heavy (non-hydrogen) atoms. The second kappa shape index (κ2) is 14.7. The third kappa shape index (κ3) is 8.03. The van der Waals surface area contributed by atoms with Gasteiger partial charge >= 0.3 is 17.2 Å². The third-order valence-electron chi connectivity index (χ3n) is 7.88. The van der Waals surface area contributed by atoms with E-state index in [0.29, 0.717) is 11.1 Å². The van der Waals surface area contributed by atoms with Gasteiger partial charge in [-0.1, -0.05) is 89.6 Å². The van der Waals surface area contributed by atoms with Crippen LogP contribution in [0.25, 0.3) is 0 Å². The Morgan fingerprint density at radius 2 is 1.10 bits per heavy atom. The third-order valence-corrected chi connectivity index (χ3v) is 9.05. The van der Waals surface area contributed by atoms with Crippen molar-refractivity contribution in [2.24, 2.45) is 5.41 Å². The zero-order valence-corrected chi connectivity index (χ0v) is 25.7. The summed E-state index contributed by atoms with van der Waals surface area (Å²) in [6.45, 7) is 13.2. The molecule has 2 aromatic carbocycles. The lowest BCUT2D eigenvalue weighted by atomic mass is 9.59. The Labute approximate surface area is 234 Å². The molecule has 222 valence electrons. The van der Waals surface area contributed by atoms with Crippen molar-refractivity contribution in [3.63, 3.8) is 0 Å². The molecule has 1 unspecified atom stereocenters. The lowest BCUT2D eigenvalue weighted by Crippen LogP contribution is -2.55. The summed E-state index contributed by atoms with van der Waals surface area (Å²) >= 11 is 0. The Bertz CT molecular complexity index is 974. The molecule has 0 aromatic heterocycles. The molecule has 0 amide bonds. The summed E-state index contributed by atoms with van der Waals surface area (Å²) in [6.07, 6.45) is 1.68. The summed E-state index contributed by atoms with van der Waals surface area (Å²) < 4.78 is 3.60. The summed E-state index contributed by atoms with van der Waals surface area (Å²) in [4.78, 5) is 31.3. The highest BCUT2D eigenvalue weighted by Crippen LogP contribution is 2.52. The molecule has 0 bridgehead atoms. The molecular weight excluding hydrogens is 542 g/mol. The monoisotopic (exact) mass is 588 g/mol. The van der Waals surface area contributed by atoms with Crippen molar-refractivity contribution < 1.29 is 44.3 Å². The van der Waals surface area contributed by atoms with Crippen LogP contribution in [0.2, 0.25) is 0 Å². The van der Waals surface area contributed by atoms with Crippen molar-refractivity contribution in [2.45, 2.75) is 77.7 Å². The molecule has 2 aromatic rings. The maximum Gasteiger partial charge on any atom is 0.334 e. The number of aliphatic hydroxyl groups excluding tert-OH is 3. The van der Waals surface area contributed by atoms with Crippen LogP contribution >= 0.6 is 17.2 Å². The van der Waals surface area contributed by atoms with E-state index in [-0.39, 0.29) is 10.8 Å². The highest BCUT2D eigenvalue weighted by atomic mass is 31.2. The van der Waals surface area contributed by atoms with Crippen molar-refractivity contribution in [1.82, 2.24) is 0 Å². The van der Waals surface area contributed by atoms with Gasteiger partial charge in [0, 0.05) is 0 Å². The summed E-state index contributed by atoms with van der Waals surface area (Å²) in [6, 6.07) is 13.4. The first-order chi connectivity index (χ1) is 18.0. The van der Waals surface area contributed by atoms with Crippen LogP contribution in [0.1, 0.15) is 82.2 Å². The number of aliphatic hydroxyl groups is 4. The average Bonchev–Trinajstić information content (AvgIpc) is 2.89. The van der Waals surface area contributed by atoms with Gasteiger partial charge in [-0.05, 0) is 52.8 Å². The minimum Gasteiger partial charge on any atom is -0.395 e. The molecule has 11 heteroatoms. The molecule has 0 aliphatic rings. The predicted octanol–water partition coefficient (Wildman–Crippen LogP) is 4.00. The van der Waals surface area contributed by atoms with Gasteiger partial charge in [0.1, 0.15) is 5.60 Å². The molecule has 0 saturated heterocycles. The van der Waals surface area contributed by atoms with Crippen LogP contribution in [0.5, 0.6) is 0 Å². The van der Waals surface area contributed by atoms with Crippen LogP contribution in [0.15, 0.2) is 42.5 Å². The summed E-state index contributed by atoms with van der Waals surface area (Å²) in [5, 5.41) is 44.3. The maximum absolute atomic E-state index is 12.8. The van der Waals surface area contributed by atoms with Gasteiger partial charge in [0.25, 0.3) is 0 Å². The predicted molar refractivity (Wildman–Crippen MR) is 155 cm³/mol. The average molecular weight is 589 g/mol. The number of hydrogen-bond acceptors (Lipinski definition) is 9. The molecule has 0 radical (unpaired) electrons. The molecule has 0 fully saturated rings. The van der Waals surface area contributed by atoms with Crippen LogP contribution < -0.4 is 0 Å². The molecule has 0 aliphatic heterocycles. The van der Waals surface area contributed by atoms with Gasteiger partial charge in [-0.3, -0.25) is 0 Å². The van der Waals surface area contributed by atoms with E-state index in [4.69, 9.17) is 19.6 Å². The van der Waals surface area contributed by atoms with Crippen molar-refractivity contribution in [3.05, 3.63) is 70.3 Å². The highest BCUT2D eigenvalue weighted by molar-refractivity contribution is 7.53. The number of aryl methyl sites for hydroxylation is 1. The van der Waals surface area contributed by atoms with Crippen LogP contribution in [-0.2, 0) is 20.7 Å². The van der Waals surface area contributed by atoms with E-state index >= 15 is 0 Å². The first-order valence-corrected chi connectivity index (χ1v) is 15.2. The Hall–Kier alpha value is -1.06. The van der Waals surface area contributed by atoms with E-state index in [1.54, 1.807) is 12.1 Å². The topological polar surface area (TPSA) is 171 Å². The Morgan fingerprint density at radius 1 is 0.718 bits per heavy atom. The van der Waals surface area contributed by atoms with Crippen LogP contribution in [-0.4, -0.2) is 59.8 Å². The number of benzene rings is 2. The molecule has 0 heterocycles. The molecule has 2 rings (SSSR count). The van der Waals surface area contributed by atoms with Crippen molar-refractivity contribution >= 4 is 17.2 Å². The molecule has 1 atom stereocenters. The van der Waals surface area contributed by atoms with E-state index in [1.165, 1.54) is 0 Å². The maximum atomic E-state index is 12.8. The van der Waals surface area contributed by atoms with Gasteiger partial charge in [0.15, 0.2) is 0 Å². The Kier molecular flexibility index (Phi) is 13.6. The Balaban J connectivity index is 0.000000956. The minimum absolute atomic E-state index is 0.283. The number of rotatable bonds is 12. The smallest absolute Gasteiger partial charge is 0.334 e. The van der Waals surface area contributed by atoms with Crippen molar-refractivity contribution in [1.29, 1.82) is 0 Å². The van der Waals surface area contributed by atoms with E-state index in [0.717, 1.165) is 29.5 Å². The molecule has 0 aliphatic carbocycles. The lowest BCUT2D eigenvalue weighted by Gasteiger charge is -2.49. The van der Waals surface area contributed by atoms with Crippen LogP contribution in [0, 0.1) is 12.3 Å². The van der Waals surface area contributed by atoms with E-state index in [1.807, 2.05) is 18.2 Å². The molecule has 0 spiro atoms. The molecule has 8 N–H and O–H groups in total. The van der Waals surface area contributed by atoms with Crippen molar-refractivity contribution in [3.8, 4) is 0 Å². The molecular formula is C28H46O9P2. The van der Waals surface area contributed by atoms with Gasteiger partial charge < -0.3 is 40.0 Å². The first kappa shape index (κ1) is 36.0. The zero-order chi connectivity index (χ0) is 30.2. The lowest BCUT2D eigenvalue weighted by molar-refractivity contribution is -0.137. The normalized spacial score (nSPS) is 14.3. The van der Waals surface area contributed by atoms with E-state index < -0.39 is 48.0 Å². The van der Waals surface area contributed by atoms with Gasteiger partial charge in [0.05, 0.1) is 25.2 Å². The molecule has 9 nitrogen and oxygen atoms in total. The Morgan fingerprint density at radius 3 is 1.38 bits per heavy atom. The fourth-order valence-electron chi connectivity index (χ4n) is 4.58. The van der Waals surface area contributed by atoms with Crippen LogP contribution in [0.4, 0.5) is 0 Å². The second-order valence-electron chi connectivity index (χ2n) is 11.1. The van der Waals surface area contributed by atoms with E-state index in [2.05, 4.69) is 64.9 Å². The zero-order valence-electron chi connectivity index (χ0n) is 24.0. The number of hydrogen-bond donors (Lipinski definition) is 8. The second-order valence-corrected chi connectivity index (χ2v) is 12.8. The first-order valence-electron chi connectivity index (χ1n) is 12.8. The highest BCUT2D eigenvalue weighted by Gasteiger charge is 2.55. The fraction of sp³-hybridized carbons (Fsp3) is 0.571. The van der Waals surface area contributed by atoms with Gasteiger partial charge in [-0.2, -0.15) is 0 Å². The summed E-state index contributed by atoms with van der Waals surface area (Å²) in [5.74, 6) is 0. The van der Waals surface area contributed by atoms with Gasteiger partial charge in [-0.25, -0.2) is 4.31 Å². The van der Waals surface area contributed by atoms with Gasteiger partial charge in [0.2, 0.25) is 0 Å². The molecule has 0 saturated carbocycles. The largest absolute Gasteiger partial charge is 0.395 e.